The molecule has 0 unspecified atom stereocenters. The zero-order chi connectivity index (χ0) is 14.5. The Hall–Kier alpha value is -2.34. The van der Waals surface area contributed by atoms with Gasteiger partial charge in [-0.1, -0.05) is 19.1 Å². The molecule has 0 spiro atoms. The minimum absolute atomic E-state index is 0.467. The lowest BCUT2D eigenvalue weighted by molar-refractivity contribution is 0.372. The Bertz CT molecular complexity index is 602. The molecule has 2 aromatic rings. The van der Waals surface area contributed by atoms with Crippen molar-refractivity contribution in [1.29, 1.82) is 0 Å². The molecule has 0 aliphatic carbocycles. The number of rotatable bonds is 5. The number of nitrogens with one attached hydrogen (secondary N) is 1. The molecule has 20 heavy (non-hydrogen) atoms. The Kier molecular flexibility index (Phi) is 4.37. The molecule has 0 fully saturated rings. The molecule has 0 radical (unpaired) electrons. The summed E-state index contributed by atoms with van der Waals surface area (Å²) in [5.74, 6) is 8.40. The number of hydrogen-bond acceptors (Lipinski definition) is 6. The third-order valence-electron chi connectivity index (χ3n) is 2.88. The van der Waals surface area contributed by atoms with E-state index in [0.717, 1.165) is 5.56 Å². The van der Waals surface area contributed by atoms with Crippen LogP contribution in [0.25, 0.3) is 0 Å². The van der Waals surface area contributed by atoms with Crippen LogP contribution in [0.5, 0.6) is 17.4 Å². The average molecular weight is 274 g/mol. The number of nitrogens with two attached hydrogens (primary N) is 1. The number of nitrogen functional groups attached to an aromatic ring is 1. The SMILES string of the molecule is CCc1nc(NN)c(C)c(Oc2ccccc2OC)n1. The summed E-state index contributed by atoms with van der Waals surface area (Å²) in [6, 6.07) is 7.40. The van der Waals surface area contributed by atoms with Gasteiger partial charge in [-0.3, -0.25) is 0 Å². The fraction of sp³-hybridized carbons (Fsp3) is 0.286. The molecule has 1 heterocycles. The van der Waals surface area contributed by atoms with Gasteiger partial charge >= 0.3 is 0 Å². The summed E-state index contributed by atoms with van der Waals surface area (Å²) >= 11 is 0. The Balaban J connectivity index is 2.42. The van der Waals surface area contributed by atoms with E-state index in [-0.39, 0.29) is 0 Å². The zero-order valence-corrected chi connectivity index (χ0v) is 11.8. The van der Waals surface area contributed by atoms with Gasteiger partial charge in [-0.25, -0.2) is 10.8 Å². The second kappa shape index (κ2) is 6.21. The molecule has 106 valence electrons. The average Bonchev–Trinajstić information content (AvgIpc) is 2.49. The van der Waals surface area contributed by atoms with Crippen molar-refractivity contribution in [3.8, 4) is 17.4 Å². The van der Waals surface area contributed by atoms with Crippen LogP contribution in [0.3, 0.4) is 0 Å². The van der Waals surface area contributed by atoms with Gasteiger partial charge in [0.15, 0.2) is 11.5 Å². The number of methoxy groups -OCH3 is 1. The van der Waals surface area contributed by atoms with Gasteiger partial charge in [0.1, 0.15) is 11.6 Å². The van der Waals surface area contributed by atoms with Gasteiger partial charge in [0.2, 0.25) is 5.88 Å². The van der Waals surface area contributed by atoms with Crippen LogP contribution >= 0.6 is 0 Å². The molecule has 1 aromatic heterocycles. The standard InChI is InChI=1S/C14H18N4O2/c1-4-12-16-13(18-15)9(2)14(17-12)20-11-8-6-5-7-10(11)19-3/h5-8H,4,15H2,1-3H3,(H,16,17,18). The molecule has 0 amide bonds. The lowest BCUT2D eigenvalue weighted by atomic mass is 10.3. The van der Waals surface area contributed by atoms with Crippen molar-refractivity contribution in [3.63, 3.8) is 0 Å². The van der Waals surface area contributed by atoms with E-state index in [1.165, 1.54) is 0 Å². The van der Waals surface area contributed by atoms with Crippen LogP contribution in [0, 0.1) is 6.92 Å². The van der Waals surface area contributed by atoms with Crippen molar-refractivity contribution < 1.29 is 9.47 Å². The van der Waals surface area contributed by atoms with Crippen molar-refractivity contribution in [1.82, 2.24) is 9.97 Å². The first-order valence-corrected chi connectivity index (χ1v) is 6.34. The highest BCUT2D eigenvalue weighted by Crippen LogP contribution is 2.32. The number of aryl methyl sites for hydroxylation is 1. The maximum absolute atomic E-state index is 5.84. The number of hydrogen-bond donors (Lipinski definition) is 2. The molecule has 0 aliphatic rings. The minimum Gasteiger partial charge on any atom is -0.493 e. The van der Waals surface area contributed by atoms with Gasteiger partial charge in [-0.15, -0.1) is 0 Å². The molecule has 3 N–H and O–H groups in total. The van der Waals surface area contributed by atoms with Gasteiger partial charge in [0.25, 0.3) is 0 Å². The van der Waals surface area contributed by atoms with E-state index < -0.39 is 0 Å². The largest absolute Gasteiger partial charge is 0.493 e. The fourth-order valence-corrected chi connectivity index (χ4v) is 1.75. The summed E-state index contributed by atoms with van der Waals surface area (Å²) in [5.41, 5.74) is 3.31. The number of para-hydroxylation sites is 2. The molecule has 6 nitrogen and oxygen atoms in total. The highest BCUT2D eigenvalue weighted by molar-refractivity contribution is 5.50. The Morgan fingerprint density at radius 2 is 1.90 bits per heavy atom. The second-order valence-corrected chi connectivity index (χ2v) is 4.17. The Labute approximate surface area is 117 Å². The smallest absolute Gasteiger partial charge is 0.227 e. The van der Waals surface area contributed by atoms with Crippen molar-refractivity contribution in [2.24, 2.45) is 5.84 Å². The van der Waals surface area contributed by atoms with Crippen LogP contribution in [0.4, 0.5) is 5.82 Å². The van der Waals surface area contributed by atoms with Crippen LogP contribution in [0.1, 0.15) is 18.3 Å². The van der Waals surface area contributed by atoms with E-state index in [9.17, 15) is 0 Å². The summed E-state index contributed by atoms with van der Waals surface area (Å²) in [4.78, 5) is 8.68. The predicted octanol–water partition coefficient (Wildman–Crippen LogP) is 2.43. The normalized spacial score (nSPS) is 10.2. The third-order valence-corrected chi connectivity index (χ3v) is 2.88. The van der Waals surface area contributed by atoms with E-state index in [1.54, 1.807) is 7.11 Å². The molecule has 1 aromatic carbocycles. The van der Waals surface area contributed by atoms with Gasteiger partial charge in [0, 0.05) is 6.42 Å². The highest BCUT2D eigenvalue weighted by Gasteiger charge is 2.13. The maximum atomic E-state index is 5.84. The maximum Gasteiger partial charge on any atom is 0.227 e. The summed E-state index contributed by atoms with van der Waals surface area (Å²) < 4.78 is 11.1. The first kappa shape index (κ1) is 14.1. The summed E-state index contributed by atoms with van der Waals surface area (Å²) in [5, 5.41) is 0. The molecule has 0 bridgehead atoms. The lowest BCUT2D eigenvalue weighted by Gasteiger charge is -2.13. The Morgan fingerprint density at radius 3 is 2.50 bits per heavy atom. The second-order valence-electron chi connectivity index (χ2n) is 4.17. The molecule has 0 aliphatic heterocycles. The van der Waals surface area contributed by atoms with Gasteiger partial charge < -0.3 is 14.9 Å². The number of aromatic nitrogens is 2. The number of anilines is 1. The molecule has 0 saturated carbocycles. The first-order valence-electron chi connectivity index (χ1n) is 6.34. The highest BCUT2D eigenvalue weighted by atomic mass is 16.5. The summed E-state index contributed by atoms with van der Waals surface area (Å²) in [6.45, 7) is 3.82. The summed E-state index contributed by atoms with van der Waals surface area (Å²) in [7, 11) is 1.60. The molecular formula is C14H18N4O2. The van der Waals surface area contributed by atoms with Crippen LogP contribution < -0.4 is 20.7 Å². The van der Waals surface area contributed by atoms with E-state index >= 15 is 0 Å². The lowest BCUT2D eigenvalue weighted by Crippen LogP contribution is -2.13. The van der Waals surface area contributed by atoms with Gasteiger partial charge in [-0.05, 0) is 19.1 Å². The number of nitrogens with zero attached hydrogens (tertiary/aromatic N) is 2. The number of hydrazine groups is 1. The van der Waals surface area contributed by atoms with Crippen LogP contribution in [0.15, 0.2) is 24.3 Å². The van der Waals surface area contributed by atoms with E-state index in [0.29, 0.717) is 35.4 Å². The fourth-order valence-electron chi connectivity index (χ4n) is 1.75. The number of ether oxygens (including phenoxy) is 2. The monoisotopic (exact) mass is 274 g/mol. The van der Waals surface area contributed by atoms with Crippen molar-refractivity contribution >= 4 is 5.82 Å². The van der Waals surface area contributed by atoms with E-state index in [4.69, 9.17) is 15.3 Å². The van der Waals surface area contributed by atoms with Crippen molar-refractivity contribution in [3.05, 3.63) is 35.7 Å². The van der Waals surface area contributed by atoms with Crippen molar-refractivity contribution in [2.75, 3.05) is 12.5 Å². The van der Waals surface area contributed by atoms with Crippen molar-refractivity contribution in [2.45, 2.75) is 20.3 Å². The molecule has 0 atom stereocenters. The van der Waals surface area contributed by atoms with Crippen LogP contribution in [-0.4, -0.2) is 17.1 Å². The van der Waals surface area contributed by atoms with Crippen LogP contribution in [0.2, 0.25) is 0 Å². The number of benzene rings is 1. The topological polar surface area (TPSA) is 82.3 Å². The van der Waals surface area contributed by atoms with E-state index in [2.05, 4.69) is 15.4 Å². The molecule has 0 saturated heterocycles. The minimum atomic E-state index is 0.467. The zero-order valence-electron chi connectivity index (χ0n) is 11.8. The molecule has 6 heteroatoms. The van der Waals surface area contributed by atoms with Gasteiger partial charge in [-0.2, -0.15) is 4.98 Å². The molecular weight excluding hydrogens is 256 g/mol. The Morgan fingerprint density at radius 1 is 1.20 bits per heavy atom. The summed E-state index contributed by atoms with van der Waals surface area (Å²) in [6.07, 6.45) is 0.692. The predicted molar refractivity (Wildman–Crippen MR) is 77.0 cm³/mol. The van der Waals surface area contributed by atoms with E-state index in [1.807, 2.05) is 38.1 Å². The first-order chi connectivity index (χ1) is 9.69. The third kappa shape index (κ3) is 2.80. The van der Waals surface area contributed by atoms with Crippen LogP contribution in [-0.2, 0) is 6.42 Å². The quantitative estimate of drug-likeness (QED) is 0.643. The molecule has 2 rings (SSSR count). The van der Waals surface area contributed by atoms with Gasteiger partial charge in [0.05, 0.1) is 12.7 Å².